The maximum atomic E-state index is 12.5. The summed E-state index contributed by atoms with van der Waals surface area (Å²) >= 11 is 0. The van der Waals surface area contributed by atoms with Crippen LogP contribution in [0.3, 0.4) is 0 Å². The van der Waals surface area contributed by atoms with Crippen LogP contribution in [0, 0.1) is 0 Å². The third-order valence-electron chi connectivity index (χ3n) is 3.76. The maximum absolute atomic E-state index is 12.5. The quantitative estimate of drug-likeness (QED) is 0.749. The van der Waals surface area contributed by atoms with Crippen LogP contribution in [0.1, 0.15) is 12.5 Å². The van der Waals surface area contributed by atoms with Crippen molar-refractivity contribution < 1.29 is 9.53 Å². The van der Waals surface area contributed by atoms with E-state index in [1.54, 1.807) is 6.92 Å². The first-order valence-corrected chi connectivity index (χ1v) is 7.93. The number of benzene rings is 2. The molecule has 144 valence electrons. The zero-order chi connectivity index (χ0) is 17.6. The number of hydrogen-bond donors (Lipinski definition) is 2. The predicted molar refractivity (Wildman–Crippen MR) is 112 cm³/mol. The lowest BCUT2D eigenvalue weighted by molar-refractivity contribution is -0.120. The van der Waals surface area contributed by atoms with Crippen LogP contribution in [0.2, 0.25) is 0 Å². The van der Waals surface area contributed by atoms with Gasteiger partial charge in [0.15, 0.2) is 0 Å². The lowest BCUT2D eigenvalue weighted by atomic mass is 9.92. The smallest absolute Gasteiger partial charge is 0.248 e. The molecule has 1 atom stereocenters. The van der Waals surface area contributed by atoms with Crippen molar-refractivity contribution in [1.29, 1.82) is 0 Å². The molecule has 26 heavy (non-hydrogen) atoms. The zero-order valence-electron chi connectivity index (χ0n) is 15.3. The van der Waals surface area contributed by atoms with Gasteiger partial charge in [-0.1, -0.05) is 30.3 Å². The summed E-state index contributed by atoms with van der Waals surface area (Å²) < 4.78 is 5.63. The highest BCUT2D eigenvalue weighted by Crippen LogP contribution is 2.21. The third-order valence-corrected chi connectivity index (χ3v) is 3.76. The molecule has 0 fully saturated rings. The van der Waals surface area contributed by atoms with Crippen molar-refractivity contribution in [2.24, 2.45) is 5.73 Å². The summed E-state index contributed by atoms with van der Waals surface area (Å²) in [6.45, 7) is 3.17. The molecule has 0 aliphatic heterocycles. The Balaban J connectivity index is 0.00000312. The number of carbonyl (C=O) groups is 1. The van der Waals surface area contributed by atoms with Gasteiger partial charge >= 0.3 is 0 Å². The molecule has 0 bridgehead atoms. The molecule has 0 spiro atoms. The molecular weight excluding hydrogens is 373 g/mol. The molecule has 1 amide bonds. The lowest BCUT2D eigenvalue weighted by Gasteiger charge is -2.24. The summed E-state index contributed by atoms with van der Waals surface area (Å²) in [4.78, 5) is 14.5. The molecule has 5 nitrogen and oxygen atoms in total. The number of hydrogen-bond acceptors (Lipinski definition) is 4. The fourth-order valence-electron chi connectivity index (χ4n) is 2.16. The third kappa shape index (κ3) is 6.84. The van der Waals surface area contributed by atoms with Crippen molar-refractivity contribution in [2.75, 3.05) is 32.6 Å². The van der Waals surface area contributed by atoms with Crippen molar-refractivity contribution >= 4 is 36.4 Å². The van der Waals surface area contributed by atoms with Gasteiger partial charge in [-0.2, -0.15) is 0 Å². The van der Waals surface area contributed by atoms with Crippen molar-refractivity contribution in [1.82, 2.24) is 4.90 Å². The number of likely N-dealkylation sites (N-methyl/N-ethyl adjacent to an activating group) is 1. The number of nitrogens with zero attached hydrogens (tertiary/aromatic N) is 1. The minimum absolute atomic E-state index is 0. The van der Waals surface area contributed by atoms with E-state index in [2.05, 4.69) is 10.2 Å². The minimum Gasteiger partial charge on any atom is -0.492 e. The molecule has 7 heteroatoms. The van der Waals surface area contributed by atoms with Crippen LogP contribution in [0.4, 0.5) is 5.69 Å². The first-order valence-electron chi connectivity index (χ1n) is 7.93. The molecule has 3 N–H and O–H groups in total. The van der Waals surface area contributed by atoms with E-state index in [1.165, 1.54) is 0 Å². The summed E-state index contributed by atoms with van der Waals surface area (Å²) in [5.41, 5.74) is 6.57. The van der Waals surface area contributed by atoms with Gasteiger partial charge in [0.2, 0.25) is 5.91 Å². The van der Waals surface area contributed by atoms with Gasteiger partial charge in [-0.15, -0.1) is 24.8 Å². The van der Waals surface area contributed by atoms with Gasteiger partial charge in [0, 0.05) is 12.2 Å². The summed E-state index contributed by atoms with van der Waals surface area (Å²) in [7, 11) is 4.00. The van der Waals surface area contributed by atoms with Crippen molar-refractivity contribution in [3.05, 3.63) is 60.2 Å². The second-order valence-corrected chi connectivity index (χ2v) is 6.20. The topological polar surface area (TPSA) is 67.6 Å². The SMILES string of the molecule is CN(C)CCOc1ccc(NC(=O)C(C)(N)c2ccccc2)cc1.Cl.Cl. The van der Waals surface area contributed by atoms with Gasteiger partial charge in [-0.3, -0.25) is 4.79 Å². The normalized spacial score (nSPS) is 12.3. The highest BCUT2D eigenvalue weighted by atomic mass is 35.5. The molecule has 1 unspecified atom stereocenters. The Hall–Kier alpha value is -1.79. The fraction of sp³-hybridized carbons (Fsp3) is 0.316. The largest absolute Gasteiger partial charge is 0.492 e. The van der Waals surface area contributed by atoms with Gasteiger partial charge in [0.1, 0.15) is 17.9 Å². The lowest BCUT2D eigenvalue weighted by Crippen LogP contribution is -2.45. The zero-order valence-corrected chi connectivity index (χ0v) is 16.9. The van der Waals surface area contributed by atoms with Crippen LogP contribution in [-0.2, 0) is 10.3 Å². The number of rotatable bonds is 7. The first kappa shape index (κ1) is 24.2. The average molecular weight is 400 g/mol. The second kappa shape index (κ2) is 11.0. The van der Waals surface area contributed by atoms with E-state index < -0.39 is 5.54 Å². The van der Waals surface area contributed by atoms with E-state index in [-0.39, 0.29) is 30.7 Å². The summed E-state index contributed by atoms with van der Waals surface area (Å²) in [6, 6.07) is 16.6. The monoisotopic (exact) mass is 399 g/mol. The van der Waals surface area contributed by atoms with Crippen LogP contribution in [0.15, 0.2) is 54.6 Å². The standard InChI is InChI=1S/C19H25N3O2.2ClH/c1-19(20,15-7-5-4-6-8-15)18(23)21-16-9-11-17(12-10-16)24-14-13-22(2)3;;/h4-12H,13-14,20H2,1-3H3,(H,21,23);2*1H. The molecule has 0 saturated heterocycles. The number of nitrogens with two attached hydrogens (primary N) is 1. The Morgan fingerprint density at radius 3 is 2.19 bits per heavy atom. The van der Waals surface area contributed by atoms with Gasteiger partial charge in [0.05, 0.1) is 0 Å². The molecule has 0 heterocycles. The van der Waals surface area contributed by atoms with Gasteiger partial charge in [-0.05, 0) is 50.8 Å². The predicted octanol–water partition coefficient (Wildman–Crippen LogP) is 3.28. The molecule has 0 aromatic heterocycles. The van der Waals surface area contributed by atoms with Crippen molar-refractivity contribution in [3.8, 4) is 5.75 Å². The van der Waals surface area contributed by atoms with Crippen LogP contribution < -0.4 is 15.8 Å². The summed E-state index contributed by atoms with van der Waals surface area (Å²) in [5, 5.41) is 2.85. The van der Waals surface area contributed by atoms with E-state index >= 15 is 0 Å². The fourth-order valence-corrected chi connectivity index (χ4v) is 2.16. The number of carbonyl (C=O) groups excluding carboxylic acids is 1. The average Bonchev–Trinajstić information content (AvgIpc) is 2.57. The Morgan fingerprint density at radius 1 is 1.08 bits per heavy atom. The molecule has 0 aliphatic carbocycles. The maximum Gasteiger partial charge on any atom is 0.248 e. The number of halogens is 2. The van der Waals surface area contributed by atoms with E-state index in [0.717, 1.165) is 17.9 Å². The summed E-state index contributed by atoms with van der Waals surface area (Å²) in [6.07, 6.45) is 0. The Labute approximate surface area is 167 Å². The molecule has 2 rings (SSSR count). The minimum atomic E-state index is -1.10. The number of nitrogens with one attached hydrogen (secondary N) is 1. The van der Waals surface area contributed by atoms with Crippen molar-refractivity contribution in [2.45, 2.75) is 12.5 Å². The molecule has 0 radical (unpaired) electrons. The van der Waals surface area contributed by atoms with E-state index in [0.29, 0.717) is 12.3 Å². The highest BCUT2D eigenvalue weighted by Gasteiger charge is 2.30. The highest BCUT2D eigenvalue weighted by molar-refractivity contribution is 5.98. The van der Waals surface area contributed by atoms with Gasteiger partial charge in [-0.25, -0.2) is 0 Å². The first-order chi connectivity index (χ1) is 11.4. The number of amides is 1. The van der Waals surface area contributed by atoms with Crippen LogP contribution in [0.25, 0.3) is 0 Å². The molecular formula is C19H27Cl2N3O2. The van der Waals surface area contributed by atoms with E-state index in [9.17, 15) is 4.79 Å². The van der Waals surface area contributed by atoms with Crippen LogP contribution in [0.5, 0.6) is 5.75 Å². The number of ether oxygens (including phenoxy) is 1. The molecule has 0 aliphatic rings. The van der Waals surface area contributed by atoms with Crippen LogP contribution in [-0.4, -0.2) is 38.1 Å². The van der Waals surface area contributed by atoms with E-state index in [1.807, 2.05) is 68.7 Å². The molecule has 2 aromatic rings. The van der Waals surface area contributed by atoms with Gasteiger partial charge < -0.3 is 20.7 Å². The Bertz CT molecular complexity index is 662. The number of anilines is 1. The van der Waals surface area contributed by atoms with Crippen LogP contribution >= 0.6 is 24.8 Å². The second-order valence-electron chi connectivity index (χ2n) is 6.20. The molecule has 2 aromatic carbocycles. The Morgan fingerprint density at radius 2 is 1.65 bits per heavy atom. The summed E-state index contributed by atoms with van der Waals surface area (Å²) in [5.74, 6) is 0.517. The van der Waals surface area contributed by atoms with Crippen molar-refractivity contribution in [3.63, 3.8) is 0 Å². The van der Waals surface area contributed by atoms with E-state index in [4.69, 9.17) is 10.5 Å². The van der Waals surface area contributed by atoms with Gasteiger partial charge in [0.25, 0.3) is 0 Å². The molecule has 0 saturated carbocycles. The Kier molecular flexibility index (Phi) is 10.3.